The van der Waals surface area contributed by atoms with Crippen LogP contribution in [0.2, 0.25) is 0 Å². The lowest BCUT2D eigenvalue weighted by Gasteiger charge is -2.20. The second-order valence-corrected chi connectivity index (χ2v) is 6.90. The molecular formula is C16H22N4OS. The van der Waals surface area contributed by atoms with Crippen LogP contribution in [-0.2, 0) is 11.8 Å². The molecule has 1 aliphatic rings. The Labute approximate surface area is 134 Å². The first-order chi connectivity index (χ1) is 10.5. The van der Waals surface area contributed by atoms with Crippen LogP contribution < -0.4 is 10.2 Å². The Morgan fingerprint density at radius 2 is 2.23 bits per heavy atom. The minimum atomic E-state index is -0.119. The zero-order valence-corrected chi connectivity index (χ0v) is 14.3. The molecule has 0 bridgehead atoms. The Balaban J connectivity index is 1.71. The van der Waals surface area contributed by atoms with Crippen LogP contribution in [0, 0.1) is 13.8 Å². The van der Waals surface area contributed by atoms with Gasteiger partial charge in [-0.3, -0.25) is 19.7 Å². The van der Waals surface area contributed by atoms with E-state index in [1.165, 1.54) is 10.4 Å². The Morgan fingerprint density at radius 3 is 2.82 bits per heavy atom. The highest BCUT2D eigenvalue weighted by molar-refractivity contribution is 7.10. The third kappa shape index (κ3) is 2.68. The van der Waals surface area contributed by atoms with Gasteiger partial charge in [0.15, 0.2) is 0 Å². The summed E-state index contributed by atoms with van der Waals surface area (Å²) in [6, 6.07) is 4.17. The van der Waals surface area contributed by atoms with Gasteiger partial charge in [0.1, 0.15) is 5.82 Å². The van der Waals surface area contributed by atoms with E-state index in [1.54, 1.807) is 16.0 Å². The molecule has 1 aliphatic heterocycles. The van der Waals surface area contributed by atoms with Gasteiger partial charge in [0.05, 0.1) is 11.7 Å². The molecule has 22 heavy (non-hydrogen) atoms. The maximum Gasteiger partial charge on any atom is 0.245 e. The van der Waals surface area contributed by atoms with Crippen LogP contribution in [0.5, 0.6) is 0 Å². The highest BCUT2D eigenvalue weighted by atomic mass is 32.1. The van der Waals surface area contributed by atoms with Crippen molar-refractivity contribution in [1.82, 2.24) is 15.1 Å². The molecule has 1 amide bonds. The number of hydrogen-bond acceptors (Lipinski definition) is 4. The summed E-state index contributed by atoms with van der Waals surface area (Å²) in [5.74, 6) is 1.02. The van der Waals surface area contributed by atoms with Crippen LogP contribution in [0.4, 0.5) is 5.82 Å². The second kappa shape index (κ2) is 5.85. The number of anilines is 1. The highest BCUT2D eigenvalue weighted by Gasteiger charge is 2.35. The van der Waals surface area contributed by atoms with Gasteiger partial charge in [-0.1, -0.05) is 0 Å². The number of thiophene rings is 1. The quantitative estimate of drug-likeness (QED) is 0.942. The minimum absolute atomic E-state index is 0.119. The molecule has 6 heteroatoms. The van der Waals surface area contributed by atoms with Gasteiger partial charge >= 0.3 is 0 Å². The Morgan fingerprint density at radius 1 is 1.45 bits per heavy atom. The molecule has 0 unspecified atom stereocenters. The number of aromatic nitrogens is 2. The summed E-state index contributed by atoms with van der Waals surface area (Å²) in [6.45, 7) is 6.93. The molecule has 118 valence electrons. The number of nitrogens with zero attached hydrogens (tertiary/aromatic N) is 3. The lowest BCUT2D eigenvalue weighted by atomic mass is 10.1. The van der Waals surface area contributed by atoms with Gasteiger partial charge in [-0.2, -0.15) is 5.10 Å². The summed E-state index contributed by atoms with van der Waals surface area (Å²) in [5, 5.41) is 9.92. The summed E-state index contributed by atoms with van der Waals surface area (Å²) in [7, 11) is 1.88. The molecule has 5 nitrogen and oxygen atoms in total. The van der Waals surface area contributed by atoms with Crippen molar-refractivity contribution in [3.8, 4) is 0 Å². The first kappa shape index (κ1) is 15.2. The number of carbonyl (C=O) groups excluding carboxylic acids is 1. The molecule has 0 aromatic carbocycles. The van der Waals surface area contributed by atoms with Crippen LogP contribution in [0.25, 0.3) is 0 Å². The Hall–Kier alpha value is -1.66. The van der Waals surface area contributed by atoms with Crippen molar-refractivity contribution < 1.29 is 4.79 Å². The van der Waals surface area contributed by atoms with Crippen molar-refractivity contribution in [2.24, 2.45) is 7.05 Å². The summed E-state index contributed by atoms with van der Waals surface area (Å²) in [6.07, 6.45) is 0.831. The predicted octanol–water partition coefficient (Wildman–Crippen LogP) is 2.55. The molecule has 2 aromatic rings. The standard InChI is InChI=1S/C16H22N4OS/c1-10-6-8-22-15(10)12(3)17-13-5-7-20(16(13)21)14-9-11(2)18-19(14)4/h6,8-9,12-13,17H,5,7H2,1-4H3/t12-,13+/m1/s1. The summed E-state index contributed by atoms with van der Waals surface area (Å²) < 4.78 is 1.78. The summed E-state index contributed by atoms with van der Waals surface area (Å²) >= 11 is 1.74. The van der Waals surface area contributed by atoms with E-state index in [2.05, 4.69) is 35.7 Å². The molecule has 3 heterocycles. The van der Waals surface area contributed by atoms with Crippen molar-refractivity contribution in [3.05, 3.63) is 33.6 Å². The van der Waals surface area contributed by atoms with Gasteiger partial charge in [-0.05, 0) is 44.2 Å². The molecular weight excluding hydrogens is 296 g/mol. The summed E-state index contributed by atoms with van der Waals surface area (Å²) in [5.41, 5.74) is 2.22. The zero-order valence-electron chi connectivity index (χ0n) is 13.5. The van der Waals surface area contributed by atoms with E-state index < -0.39 is 0 Å². The molecule has 0 spiro atoms. The molecule has 3 rings (SSSR count). The van der Waals surface area contributed by atoms with Crippen LogP contribution in [0.15, 0.2) is 17.5 Å². The Kier molecular flexibility index (Phi) is 4.06. The fraction of sp³-hybridized carbons (Fsp3) is 0.500. The first-order valence-electron chi connectivity index (χ1n) is 7.59. The van der Waals surface area contributed by atoms with E-state index >= 15 is 0 Å². The molecule has 1 fully saturated rings. The smallest absolute Gasteiger partial charge is 0.245 e. The highest BCUT2D eigenvalue weighted by Crippen LogP contribution is 2.27. The van der Waals surface area contributed by atoms with E-state index in [0.717, 1.165) is 24.5 Å². The number of rotatable bonds is 4. The van der Waals surface area contributed by atoms with E-state index in [1.807, 2.05) is 24.9 Å². The molecule has 0 radical (unpaired) electrons. The lowest BCUT2D eigenvalue weighted by molar-refractivity contribution is -0.119. The van der Waals surface area contributed by atoms with Crippen molar-refractivity contribution in [2.45, 2.75) is 39.3 Å². The third-order valence-electron chi connectivity index (χ3n) is 4.21. The molecule has 0 aliphatic carbocycles. The fourth-order valence-corrected chi connectivity index (χ4v) is 4.06. The van der Waals surface area contributed by atoms with E-state index in [9.17, 15) is 4.79 Å². The van der Waals surface area contributed by atoms with Crippen molar-refractivity contribution >= 4 is 23.1 Å². The lowest BCUT2D eigenvalue weighted by Crippen LogP contribution is -2.40. The van der Waals surface area contributed by atoms with Gasteiger partial charge in [0, 0.05) is 30.6 Å². The van der Waals surface area contributed by atoms with Crippen LogP contribution in [0.3, 0.4) is 0 Å². The summed E-state index contributed by atoms with van der Waals surface area (Å²) in [4.78, 5) is 15.8. The van der Waals surface area contributed by atoms with Gasteiger partial charge < -0.3 is 0 Å². The van der Waals surface area contributed by atoms with Gasteiger partial charge in [0.25, 0.3) is 0 Å². The Bertz CT molecular complexity index is 690. The third-order valence-corrected chi connectivity index (χ3v) is 5.41. The first-order valence-corrected chi connectivity index (χ1v) is 8.47. The van der Waals surface area contributed by atoms with Crippen LogP contribution >= 0.6 is 11.3 Å². The second-order valence-electron chi connectivity index (χ2n) is 5.95. The number of nitrogens with one attached hydrogen (secondary N) is 1. The monoisotopic (exact) mass is 318 g/mol. The van der Waals surface area contributed by atoms with Crippen molar-refractivity contribution in [2.75, 3.05) is 11.4 Å². The number of amides is 1. The van der Waals surface area contributed by atoms with Crippen LogP contribution in [0.1, 0.15) is 35.5 Å². The molecule has 0 saturated carbocycles. The van der Waals surface area contributed by atoms with E-state index in [0.29, 0.717) is 0 Å². The van der Waals surface area contributed by atoms with Crippen LogP contribution in [-0.4, -0.2) is 28.3 Å². The maximum atomic E-state index is 12.7. The predicted molar refractivity (Wildman–Crippen MR) is 89.3 cm³/mol. The average molecular weight is 318 g/mol. The number of aryl methyl sites for hydroxylation is 3. The maximum absolute atomic E-state index is 12.7. The van der Waals surface area contributed by atoms with E-state index in [4.69, 9.17) is 0 Å². The van der Waals surface area contributed by atoms with Crippen molar-refractivity contribution in [3.63, 3.8) is 0 Å². The topological polar surface area (TPSA) is 50.2 Å². The largest absolute Gasteiger partial charge is 0.298 e. The number of hydrogen-bond donors (Lipinski definition) is 1. The van der Waals surface area contributed by atoms with E-state index in [-0.39, 0.29) is 18.0 Å². The molecule has 2 atom stereocenters. The SMILES string of the molecule is Cc1cc(N2CC[C@H](N[C@H](C)c3sccc3C)C2=O)n(C)n1. The molecule has 2 aromatic heterocycles. The zero-order chi connectivity index (χ0) is 15.9. The van der Waals surface area contributed by atoms with Gasteiger partial charge in [-0.25, -0.2) is 0 Å². The minimum Gasteiger partial charge on any atom is -0.298 e. The van der Waals surface area contributed by atoms with Gasteiger partial charge in [-0.15, -0.1) is 11.3 Å². The molecule has 1 N–H and O–H groups in total. The van der Waals surface area contributed by atoms with Crippen molar-refractivity contribution in [1.29, 1.82) is 0 Å². The normalized spacial score (nSPS) is 19.9. The molecule has 1 saturated heterocycles. The fourth-order valence-electron chi connectivity index (χ4n) is 3.12. The average Bonchev–Trinajstić information content (AvgIpc) is 3.12. The van der Waals surface area contributed by atoms with Gasteiger partial charge in [0.2, 0.25) is 5.91 Å². The number of carbonyl (C=O) groups is 1.